The fourth-order valence-electron chi connectivity index (χ4n) is 2.47. The Balaban J connectivity index is 1.80. The Kier molecular flexibility index (Phi) is 5.57. The van der Waals surface area contributed by atoms with Gasteiger partial charge in [0.1, 0.15) is 17.0 Å². The van der Waals surface area contributed by atoms with Crippen molar-refractivity contribution < 1.29 is 14.6 Å². The maximum atomic E-state index is 12.4. The summed E-state index contributed by atoms with van der Waals surface area (Å²) >= 11 is 4.49. The predicted molar refractivity (Wildman–Crippen MR) is 109 cm³/mol. The smallest absolute Gasteiger partial charge is 0.281 e. The summed E-state index contributed by atoms with van der Waals surface area (Å²) in [6, 6.07) is 3.29. The number of aromatic hydroxyl groups is 1. The van der Waals surface area contributed by atoms with Gasteiger partial charge in [-0.1, -0.05) is 0 Å². The van der Waals surface area contributed by atoms with Crippen molar-refractivity contribution in [1.29, 1.82) is 0 Å². The zero-order valence-electron chi connectivity index (χ0n) is 14.5. The van der Waals surface area contributed by atoms with Crippen LogP contribution in [0.5, 0.6) is 11.5 Å². The zero-order valence-corrected chi connectivity index (χ0v) is 16.9. The first kappa shape index (κ1) is 19.1. The van der Waals surface area contributed by atoms with Gasteiger partial charge in [0.15, 0.2) is 11.5 Å². The number of amides is 1. The topological polar surface area (TPSA) is 123 Å². The molecule has 3 aromatic rings. The Morgan fingerprint density at radius 2 is 2.26 bits per heavy atom. The molecule has 0 radical (unpaired) electrons. The fourth-order valence-corrected chi connectivity index (χ4v) is 3.97. The van der Waals surface area contributed by atoms with Gasteiger partial charge in [0.2, 0.25) is 0 Å². The Morgan fingerprint density at radius 1 is 1.48 bits per heavy atom. The molecule has 140 valence electrons. The number of hydrogen-bond acceptors (Lipinski definition) is 8. The Hall–Kier alpha value is -2.72. The van der Waals surface area contributed by atoms with Crippen LogP contribution in [-0.4, -0.2) is 33.8 Å². The van der Waals surface area contributed by atoms with Crippen LogP contribution >= 0.6 is 27.3 Å². The summed E-state index contributed by atoms with van der Waals surface area (Å²) in [5.74, 6) is 0.314. The monoisotopic (exact) mass is 449 g/mol. The number of halogens is 1. The number of carbonyl (C=O) groups excluding carboxylic acids is 1. The van der Waals surface area contributed by atoms with Gasteiger partial charge < -0.3 is 15.6 Å². The SMILES string of the molecule is CCOc1cc(/C=N\NC(=O)c2sc3ncnc(N)c3c2C)cc(Br)c1O. The second-order valence-corrected chi connectivity index (χ2v) is 7.33. The first-order valence-corrected chi connectivity index (χ1v) is 9.51. The molecule has 0 unspecified atom stereocenters. The normalized spacial score (nSPS) is 11.2. The van der Waals surface area contributed by atoms with E-state index < -0.39 is 0 Å². The molecule has 0 atom stereocenters. The molecule has 27 heavy (non-hydrogen) atoms. The van der Waals surface area contributed by atoms with Crippen molar-refractivity contribution in [1.82, 2.24) is 15.4 Å². The number of aromatic nitrogens is 2. The Labute approximate surface area is 167 Å². The minimum Gasteiger partial charge on any atom is -0.503 e. The number of nitrogens with two attached hydrogens (primary N) is 1. The fraction of sp³-hybridized carbons (Fsp3) is 0.176. The van der Waals surface area contributed by atoms with E-state index in [0.717, 1.165) is 0 Å². The number of fused-ring (bicyclic) bond motifs is 1. The number of phenolic OH excluding ortho intramolecular Hbond substituents is 1. The molecule has 0 spiro atoms. The first-order valence-electron chi connectivity index (χ1n) is 7.90. The van der Waals surface area contributed by atoms with Crippen LogP contribution in [0.15, 0.2) is 28.0 Å². The molecule has 0 fully saturated rings. The van der Waals surface area contributed by atoms with Crippen molar-refractivity contribution in [2.75, 3.05) is 12.3 Å². The second-order valence-electron chi connectivity index (χ2n) is 5.48. The number of hydrazone groups is 1. The molecule has 1 amide bonds. The third-order valence-corrected chi connectivity index (χ3v) is 5.50. The molecule has 2 heterocycles. The molecule has 3 rings (SSSR count). The highest BCUT2D eigenvalue weighted by Crippen LogP contribution is 2.35. The second kappa shape index (κ2) is 7.89. The summed E-state index contributed by atoms with van der Waals surface area (Å²) in [6.07, 6.45) is 2.83. The van der Waals surface area contributed by atoms with Crippen molar-refractivity contribution in [3.8, 4) is 11.5 Å². The lowest BCUT2D eigenvalue weighted by Gasteiger charge is -2.08. The molecule has 0 saturated carbocycles. The molecule has 0 saturated heterocycles. The molecule has 8 nitrogen and oxygen atoms in total. The number of carbonyl (C=O) groups is 1. The number of hydrogen-bond donors (Lipinski definition) is 3. The minimum absolute atomic E-state index is 0.0117. The van der Waals surface area contributed by atoms with E-state index in [2.05, 4.69) is 36.4 Å². The summed E-state index contributed by atoms with van der Waals surface area (Å²) in [5, 5.41) is 14.6. The molecule has 10 heteroatoms. The summed E-state index contributed by atoms with van der Waals surface area (Å²) in [7, 11) is 0. The van der Waals surface area contributed by atoms with Gasteiger partial charge in [-0.2, -0.15) is 5.10 Å². The molecule has 1 aromatic carbocycles. The minimum atomic E-state index is -0.367. The van der Waals surface area contributed by atoms with Gasteiger partial charge in [0.25, 0.3) is 5.91 Å². The summed E-state index contributed by atoms with van der Waals surface area (Å²) < 4.78 is 5.83. The highest BCUT2D eigenvalue weighted by molar-refractivity contribution is 9.10. The largest absolute Gasteiger partial charge is 0.503 e. The lowest BCUT2D eigenvalue weighted by Crippen LogP contribution is -2.17. The number of nitrogen functional groups attached to an aromatic ring is 1. The number of thiophene rings is 1. The molecular weight excluding hydrogens is 434 g/mol. The molecular formula is C17H16BrN5O3S. The average molecular weight is 450 g/mol. The van der Waals surface area contributed by atoms with E-state index in [1.165, 1.54) is 23.9 Å². The van der Waals surface area contributed by atoms with E-state index in [0.29, 0.717) is 48.9 Å². The van der Waals surface area contributed by atoms with Gasteiger partial charge in [0, 0.05) is 0 Å². The number of rotatable bonds is 5. The number of nitrogens with one attached hydrogen (secondary N) is 1. The molecule has 0 aliphatic rings. The van der Waals surface area contributed by atoms with Crippen LogP contribution in [0.3, 0.4) is 0 Å². The number of nitrogens with zero attached hydrogens (tertiary/aromatic N) is 3. The van der Waals surface area contributed by atoms with Gasteiger partial charge in [-0.15, -0.1) is 11.3 Å². The third-order valence-electron chi connectivity index (χ3n) is 3.69. The van der Waals surface area contributed by atoms with E-state index >= 15 is 0 Å². The number of anilines is 1. The van der Waals surface area contributed by atoms with Crippen LogP contribution in [-0.2, 0) is 0 Å². The van der Waals surface area contributed by atoms with E-state index in [1.54, 1.807) is 19.1 Å². The maximum Gasteiger partial charge on any atom is 0.281 e. The van der Waals surface area contributed by atoms with Crippen LogP contribution in [0, 0.1) is 6.92 Å². The van der Waals surface area contributed by atoms with Crippen LogP contribution in [0.2, 0.25) is 0 Å². The van der Waals surface area contributed by atoms with Gasteiger partial charge in [0.05, 0.1) is 27.6 Å². The van der Waals surface area contributed by atoms with Crippen LogP contribution < -0.4 is 15.9 Å². The number of aryl methyl sites for hydroxylation is 1. The average Bonchev–Trinajstić information content (AvgIpc) is 2.97. The molecule has 0 aliphatic heterocycles. The van der Waals surface area contributed by atoms with Gasteiger partial charge >= 0.3 is 0 Å². The number of ether oxygens (including phenoxy) is 1. The Morgan fingerprint density at radius 3 is 2.96 bits per heavy atom. The maximum absolute atomic E-state index is 12.4. The van der Waals surface area contributed by atoms with Crippen molar-refractivity contribution in [2.24, 2.45) is 5.10 Å². The molecule has 0 aliphatic carbocycles. The summed E-state index contributed by atoms with van der Waals surface area (Å²) in [4.78, 5) is 21.7. The van der Waals surface area contributed by atoms with E-state index in [4.69, 9.17) is 10.5 Å². The summed E-state index contributed by atoms with van der Waals surface area (Å²) in [6.45, 7) is 4.02. The van der Waals surface area contributed by atoms with Crippen molar-refractivity contribution >= 4 is 55.4 Å². The standard InChI is InChI=1S/C17H16BrN5O3S/c1-3-26-11-5-9(4-10(18)13(11)24)6-22-23-16(25)14-8(2)12-15(19)20-7-21-17(12)27-14/h4-7,24H,3H2,1-2H3,(H,23,25)(H2,19,20,21)/b22-6-. The van der Waals surface area contributed by atoms with E-state index in [9.17, 15) is 9.90 Å². The van der Waals surface area contributed by atoms with Crippen molar-refractivity contribution in [2.45, 2.75) is 13.8 Å². The van der Waals surface area contributed by atoms with Crippen LogP contribution in [0.1, 0.15) is 27.7 Å². The van der Waals surface area contributed by atoms with Gasteiger partial charge in [-0.05, 0) is 53.0 Å². The molecule has 2 aromatic heterocycles. The number of phenols is 1. The number of benzene rings is 1. The zero-order chi connectivity index (χ0) is 19.6. The third kappa shape index (κ3) is 3.86. The first-order chi connectivity index (χ1) is 12.9. The van der Waals surface area contributed by atoms with Gasteiger partial charge in [-0.3, -0.25) is 4.79 Å². The summed E-state index contributed by atoms with van der Waals surface area (Å²) in [5.41, 5.74) is 9.72. The Bertz CT molecular complexity index is 1050. The molecule has 0 bridgehead atoms. The van der Waals surface area contributed by atoms with Crippen LogP contribution in [0.25, 0.3) is 10.2 Å². The van der Waals surface area contributed by atoms with E-state index in [1.807, 2.05) is 6.92 Å². The predicted octanol–water partition coefficient (Wildman–Crippen LogP) is 3.21. The highest BCUT2D eigenvalue weighted by Gasteiger charge is 2.18. The van der Waals surface area contributed by atoms with Crippen molar-refractivity contribution in [3.63, 3.8) is 0 Å². The van der Waals surface area contributed by atoms with Crippen molar-refractivity contribution in [3.05, 3.63) is 38.9 Å². The quantitative estimate of drug-likeness (QED) is 0.405. The van der Waals surface area contributed by atoms with Gasteiger partial charge in [-0.25, -0.2) is 15.4 Å². The lowest BCUT2D eigenvalue weighted by atomic mass is 10.2. The molecule has 4 N–H and O–H groups in total. The lowest BCUT2D eigenvalue weighted by molar-refractivity contribution is 0.0958. The highest BCUT2D eigenvalue weighted by atomic mass is 79.9. The van der Waals surface area contributed by atoms with E-state index in [-0.39, 0.29) is 11.7 Å². The van der Waals surface area contributed by atoms with Crippen LogP contribution in [0.4, 0.5) is 5.82 Å².